The second-order valence-electron chi connectivity index (χ2n) is 9.60. The van der Waals surface area contributed by atoms with Crippen molar-refractivity contribution in [2.24, 2.45) is 0 Å². The lowest BCUT2D eigenvalue weighted by Crippen LogP contribution is -2.43. The maximum absolute atomic E-state index is 12.6. The third-order valence-corrected chi connectivity index (χ3v) is 7.50. The number of nitrogens with one attached hydrogen (secondary N) is 1. The fourth-order valence-corrected chi connectivity index (χ4v) is 5.60. The van der Waals surface area contributed by atoms with E-state index >= 15 is 0 Å². The summed E-state index contributed by atoms with van der Waals surface area (Å²) < 4.78 is 8.20. The van der Waals surface area contributed by atoms with Crippen LogP contribution in [0, 0.1) is 6.92 Å². The number of hydrogen-bond donors (Lipinski definition) is 2. The van der Waals surface area contributed by atoms with Gasteiger partial charge in [-0.15, -0.1) is 11.3 Å². The third-order valence-electron chi connectivity index (χ3n) is 6.71. The molecule has 2 aliphatic heterocycles. The van der Waals surface area contributed by atoms with Crippen LogP contribution in [-0.2, 0) is 12.0 Å². The summed E-state index contributed by atoms with van der Waals surface area (Å²) in [6, 6.07) is 4.18. The number of aryl methyl sites for hydroxylation is 2. The SMILES string of the molecule is Cc1nc(C(C)Oc2cc(-c3cc4n(n3)CC[C@@]43CCN(C(=O)NC(C)C)C3)cnc2N)cs1. The Hall–Kier alpha value is -3.14. The molecular formula is C24H31N7O2S. The zero-order chi connectivity index (χ0) is 24.0. The van der Waals surface area contributed by atoms with Gasteiger partial charge in [0, 0.05) is 53.9 Å². The Balaban J connectivity index is 1.37. The first-order valence-electron chi connectivity index (χ1n) is 11.7. The fraction of sp³-hybridized carbons (Fsp3) is 0.500. The van der Waals surface area contributed by atoms with Crippen LogP contribution in [0.3, 0.4) is 0 Å². The number of likely N-dealkylation sites (tertiary alicyclic amines) is 1. The number of urea groups is 1. The Bertz CT molecular complexity index is 1220. The van der Waals surface area contributed by atoms with Crippen LogP contribution in [0.1, 0.15) is 56.1 Å². The summed E-state index contributed by atoms with van der Waals surface area (Å²) in [5.41, 5.74) is 9.84. The molecule has 1 unspecified atom stereocenters. The third kappa shape index (κ3) is 4.11. The molecule has 2 aliphatic rings. The van der Waals surface area contributed by atoms with Gasteiger partial charge in [-0.3, -0.25) is 4.68 Å². The summed E-state index contributed by atoms with van der Waals surface area (Å²) in [5.74, 6) is 0.865. The molecule has 0 radical (unpaired) electrons. The van der Waals surface area contributed by atoms with E-state index in [1.807, 2.05) is 44.0 Å². The number of thiazole rings is 1. The van der Waals surface area contributed by atoms with Gasteiger partial charge in [0.25, 0.3) is 0 Å². The molecule has 3 aromatic heterocycles. The largest absolute Gasteiger partial charge is 0.480 e. The monoisotopic (exact) mass is 481 g/mol. The van der Waals surface area contributed by atoms with E-state index in [0.29, 0.717) is 11.6 Å². The highest BCUT2D eigenvalue weighted by molar-refractivity contribution is 7.09. The van der Waals surface area contributed by atoms with Crippen LogP contribution in [-0.4, -0.2) is 49.8 Å². The van der Waals surface area contributed by atoms with Crippen LogP contribution in [0.4, 0.5) is 10.6 Å². The van der Waals surface area contributed by atoms with E-state index in [-0.39, 0.29) is 23.6 Å². The average molecular weight is 482 g/mol. The number of carbonyl (C=O) groups excluding carboxylic acids is 1. The van der Waals surface area contributed by atoms with Gasteiger partial charge in [-0.05, 0) is 52.7 Å². The van der Waals surface area contributed by atoms with Gasteiger partial charge in [-0.2, -0.15) is 5.10 Å². The molecule has 2 atom stereocenters. The quantitative estimate of drug-likeness (QED) is 0.572. The van der Waals surface area contributed by atoms with E-state index in [0.717, 1.165) is 54.4 Å². The van der Waals surface area contributed by atoms with Crippen molar-refractivity contribution in [2.45, 2.75) is 64.6 Å². The van der Waals surface area contributed by atoms with E-state index in [4.69, 9.17) is 15.6 Å². The highest BCUT2D eigenvalue weighted by atomic mass is 32.1. The number of nitrogen functional groups attached to an aromatic ring is 1. The van der Waals surface area contributed by atoms with Gasteiger partial charge in [0.1, 0.15) is 6.10 Å². The van der Waals surface area contributed by atoms with Gasteiger partial charge in [0.2, 0.25) is 0 Å². The molecule has 5 heterocycles. The van der Waals surface area contributed by atoms with Gasteiger partial charge < -0.3 is 20.7 Å². The summed E-state index contributed by atoms with van der Waals surface area (Å²) in [4.78, 5) is 23.4. The normalized spacial score (nSPS) is 20.2. The molecule has 0 aliphatic carbocycles. The molecule has 9 nitrogen and oxygen atoms in total. The van der Waals surface area contributed by atoms with E-state index in [1.165, 1.54) is 5.69 Å². The van der Waals surface area contributed by atoms with Crippen molar-refractivity contribution in [3.63, 3.8) is 0 Å². The maximum atomic E-state index is 12.6. The minimum Gasteiger partial charge on any atom is -0.480 e. The molecule has 180 valence electrons. The Labute approximate surface area is 203 Å². The van der Waals surface area contributed by atoms with E-state index in [1.54, 1.807) is 17.5 Å². The summed E-state index contributed by atoms with van der Waals surface area (Å²) in [5, 5.41) is 10.9. The zero-order valence-electron chi connectivity index (χ0n) is 20.0. The second-order valence-corrected chi connectivity index (χ2v) is 10.7. The van der Waals surface area contributed by atoms with Crippen molar-refractivity contribution in [2.75, 3.05) is 18.8 Å². The van der Waals surface area contributed by atoms with E-state index < -0.39 is 0 Å². The molecule has 10 heteroatoms. The second kappa shape index (κ2) is 8.57. The Kier molecular flexibility index (Phi) is 5.71. The van der Waals surface area contributed by atoms with Crippen molar-refractivity contribution in [1.29, 1.82) is 0 Å². The molecular weight excluding hydrogens is 450 g/mol. The maximum Gasteiger partial charge on any atom is 0.317 e. The highest BCUT2D eigenvalue weighted by Crippen LogP contribution is 2.44. The predicted molar refractivity (Wildman–Crippen MR) is 132 cm³/mol. The predicted octanol–water partition coefficient (Wildman–Crippen LogP) is 3.90. The molecule has 1 fully saturated rings. The lowest BCUT2D eigenvalue weighted by atomic mass is 9.82. The first kappa shape index (κ1) is 22.6. The first-order chi connectivity index (χ1) is 16.2. The molecule has 34 heavy (non-hydrogen) atoms. The van der Waals surface area contributed by atoms with Crippen LogP contribution >= 0.6 is 11.3 Å². The molecule has 1 saturated heterocycles. The molecule has 0 bridgehead atoms. The number of hydrogen-bond acceptors (Lipinski definition) is 7. The Morgan fingerprint density at radius 2 is 2.06 bits per heavy atom. The van der Waals surface area contributed by atoms with Crippen molar-refractivity contribution >= 4 is 23.2 Å². The van der Waals surface area contributed by atoms with Crippen molar-refractivity contribution < 1.29 is 9.53 Å². The standard InChI is InChI=1S/C24H31N7O2S/c1-14(2)27-23(32)30-7-5-24(13-30)6-8-31-21(24)10-18(29-31)17-9-20(22(25)26-11-17)33-15(3)19-12-34-16(4)28-19/h9-12,14-15H,5-8,13H2,1-4H3,(H2,25,26)(H,27,32)/t15?,24-/m1/s1. The summed E-state index contributed by atoms with van der Waals surface area (Å²) in [7, 11) is 0. The molecule has 2 amide bonds. The topological polar surface area (TPSA) is 111 Å². The smallest absolute Gasteiger partial charge is 0.317 e. The number of aromatic nitrogens is 4. The van der Waals surface area contributed by atoms with Gasteiger partial charge in [-0.1, -0.05) is 0 Å². The Morgan fingerprint density at radius 3 is 2.79 bits per heavy atom. The average Bonchev–Trinajstić information content (AvgIpc) is 3.55. The minimum atomic E-state index is -0.235. The van der Waals surface area contributed by atoms with Crippen molar-refractivity contribution in [3.05, 3.63) is 40.1 Å². The number of rotatable bonds is 5. The van der Waals surface area contributed by atoms with Gasteiger partial charge in [0.15, 0.2) is 11.6 Å². The first-order valence-corrected chi connectivity index (χ1v) is 12.6. The van der Waals surface area contributed by atoms with Crippen LogP contribution in [0.2, 0.25) is 0 Å². The number of nitrogens with two attached hydrogens (primary N) is 1. The fourth-order valence-electron chi connectivity index (χ4n) is 4.91. The van der Waals surface area contributed by atoms with Gasteiger partial charge >= 0.3 is 6.03 Å². The number of carbonyl (C=O) groups is 1. The van der Waals surface area contributed by atoms with E-state index in [9.17, 15) is 4.79 Å². The number of anilines is 1. The highest BCUT2D eigenvalue weighted by Gasteiger charge is 2.47. The summed E-state index contributed by atoms with van der Waals surface area (Å²) in [6.07, 6.45) is 3.45. The lowest BCUT2D eigenvalue weighted by molar-refractivity contribution is 0.203. The molecule has 1 spiro atoms. The zero-order valence-corrected chi connectivity index (χ0v) is 20.9. The molecule has 0 aromatic carbocycles. The van der Waals surface area contributed by atoms with Crippen LogP contribution in [0.5, 0.6) is 5.75 Å². The molecule has 5 rings (SSSR count). The number of ether oxygens (including phenoxy) is 1. The lowest BCUT2D eigenvalue weighted by Gasteiger charge is -2.24. The number of nitrogens with zero attached hydrogens (tertiary/aromatic N) is 5. The van der Waals surface area contributed by atoms with Gasteiger partial charge in [-0.25, -0.2) is 14.8 Å². The number of amides is 2. The van der Waals surface area contributed by atoms with Crippen LogP contribution in [0.15, 0.2) is 23.7 Å². The Morgan fingerprint density at radius 1 is 1.26 bits per heavy atom. The van der Waals surface area contributed by atoms with E-state index in [2.05, 4.69) is 26.0 Å². The van der Waals surface area contributed by atoms with Crippen LogP contribution in [0.25, 0.3) is 11.3 Å². The van der Waals surface area contributed by atoms with Crippen molar-refractivity contribution in [1.82, 2.24) is 30.0 Å². The minimum absolute atomic E-state index is 0.0130. The number of fused-ring (bicyclic) bond motifs is 2. The summed E-state index contributed by atoms with van der Waals surface area (Å²) >= 11 is 1.60. The van der Waals surface area contributed by atoms with Gasteiger partial charge in [0.05, 0.1) is 16.4 Å². The molecule has 3 aromatic rings. The van der Waals surface area contributed by atoms with Crippen LogP contribution < -0.4 is 15.8 Å². The summed E-state index contributed by atoms with van der Waals surface area (Å²) in [6.45, 7) is 10.2. The van der Waals surface area contributed by atoms with Crippen molar-refractivity contribution in [3.8, 4) is 17.0 Å². The molecule has 3 N–H and O–H groups in total. The molecule has 0 saturated carbocycles. The number of pyridine rings is 1.